The van der Waals surface area contributed by atoms with Gasteiger partial charge in [-0.3, -0.25) is 13.9 Å². The average molecular weight is 731 g/mol. The SMILES string of the molecule is CCCCNC(=O)C(Cc1ccccc1)N(Cc1ccc(Cl)cc1Cl)C(=O)CN(c1ccc(OCC)cc1)S(=O)(=O)c1ccc(Cl)cc1. The molecule has 48 heavy (non-hydrogen) atoms. The molecule has 0 spiro atoms. The van der Waals surface area contributed by atoms with Crippen molar-refractivity contribution >= 4 is 62.3 Å². The van der Waals surface area contributed by atoms with E-state index < -0.39 is 28.5 Å². The maximum absolute atomic E-state index is 14.6. The van der Waals surface area contributed by atoms with Crippen LogP contribution in [0.1, 0.15) is 37.8 Å². The molecule has 0 aliphatic rings. The number of carbonyl (C=O) groups excluding carboxylic acids is 2. The first-order valence-corrected chi connectivity index (χ1v) is 18.2. The molecule has 8 nitrogen and oxygen atoms in total. The van der Waals surface area contributed by atoms with Crippen LogP contribution >= 0.6 is 34.8 Å². The molecule has 1 atom stereocenters. The molecule has 0 aromatic heterocycles. The van der Waals surface area contributed by atoms with Gasteiger partial charge < -0.3 is 15.0 Å². The highest BCUT2D eigenvalue weighted by Gasteiger charge is 2.35. The number of unbranched alkanes of at least 4 members (excludes halogenated alkanes) is 1. The second kappa shape index (κ2) is 17.6. The van der Waals surface area contributed by atoms with E-state index in [1.807, 2.05) is 44.2 Å². The molecule has 2 amide bonds. The number of hydrogen-bond donors (Lipinski definition) is 1. The lowest BCUT2D eigenvalue weighted by Gasteiger charge is -2.34. The van der Waals surface area contributed by atoms with E-state index in [4.69, 9.17) is 39.5 Å². The Hall–Kier alpha value is -3.76. The van der Waals surface area contributed by atoms with Crippen LogP contribution in [0.15, 0.2) is 102 Å². The van der Waals surface area contributed by atoms with Crippen molar-refractivity contribution in [3.63, 3.8) is 0 Å². The minimum atomic E-state index is -4.29. The van der Waals surface area contributed by atoms with Crippen molar-refractivity contribution < 1.29 is 22.7 Å². The molecule has 0 saturated heterocycles. The largest absolute Gasteiger partial charge is 0.494 e. The number of sulfonamides is 1. The third kappa shape index (κ3) is 9.89. The first kappa shape index (κ1) is 37.1. The van der Waals surface area contributed by atoms with Crippen molar-refractivity contribution in [2.75, 3.05) is 24.0 Å². The Morgan fingerprint density at radius 1 is 0.854 bits per heavy atom. The molecule has 0 aliphatic heterocycles. The van der Waals surface area contributed by atoms with E-state index in [-0.39, 0.29) is 29.5 Å². The van der Waals surface area contributed by atoms with E-state index >= 15 is 0 Å². The van der Waals surface area contributed by atoms with Crippen molar-refractivity contribution in [3.8, 4) is 5.75 Å². The number of halogens is 3. The van der Waals surface area contributed by atoms with Crippen LogP contribution in [0.3, 0.4) is 0 Å². The molecule has 0 bridgehead atoms. The number of ether oxygens (including phenoxy) is 1. The predicted octanol–water partition coefficient (Wildman–Crippen LogP) is 7.80. The van der Waals surface area contributed by atoms with Gasteiger partial charge in [-0.2, -0.15) is 0 Å². The van der Waals surface area contributed by atoms with E-state index in [1.54, 1.807) is 42.5 Å². The van der Waals surface area contributed by atoms with Gasteiger partial charge >= 0.3 is 0 Å². The molecule has 4 aromatic carbocycles. The summed E-state index contributed by atoms with van der Waals surface area (Å²) in [6.07, 6.45) is 1.81. The average Bonchev–Trinajstić information content (AvgIpc) is 3.07. The van der Waals surface area contributed by atoms with Crippen LogP contribution in [0, 0.1) is 0 Å². The zero-order chi connectivity index (χ0) is 34.7. The van der Waals surface area contributed by atoms with Gasteiger partial charge in [-0.05, 0) is 85.1 Å². The van der Waals surface area contributed by atoms with Crippen molar-refractivity contribution in [2.24, 2.45) is 0 Å². The second-order valence-corrected chi connectivity index (χ2v) is 14.1. The quantitative estimate of drug-likeness (QED) is 0.119. The molecule has 1 unspecified atom stereocenters. The van der Waals surface area contributed by atoms with Gasteiger partial charge in [0.1, 0.15) is 18.3 Å². The van der Waals surface area contributed by atoms with Gasteiger partial charge in [-0.15, -0.1) is 0 Å². The summed E-state index contributed by atoms with van der Waals surface area (Å²) in [6, 6.07) is 25.4. The fraction of sp³-hybridized carbons (Fsp3) is 0.278. The Balaban J connectivity index is 1.81. The predicted molar refractivity (Wildman–Crippen MR) is 192 cm³/mol. The first-order chi connectivity index (χ1) is 23.0. The topological polar surface area (TPSA) is 96.0 Å². The number of nitrogens with one attached hydrogen (secondary N) is 1. The molecule has 0 saturated carbocycles. The Morgan fingerprint density at radius 2 is 1.52 bits per heavy atom. The van der Waals surface area contributed by atoms with Crippen LogP contribution in [-0.2, 0) is 32.6 Å². The number of benzene rings is 4. The molecular weight excluding hydrogens is 693 g/mol. The number of hydrogen-bond acceptors (Lipinski definition) is 5. The van der Waals surface area contributed by atoms with Gasteiger partial charge in [0.05, 0.1) is 17.2 Å². The monoisotopic (exact) mass is 729 g/mol. The molecule has 0 fully saturated rings. The minimum Gasteiger partial charge on any atom is -0.494 e. The van der Waals surface area contributed by atoms with Gasteiger partial charge in [-0.25, -0.2) is 8.42 Å². The number of anilines is 1. The van der Waals surface area contributed by atoms with Crippen LogP contribution < -0.4 is 14.4 Å². The second-order valence-electron chi connectivity index (χ2n) is 11.0. The smallest absolute Gasteiger partial charge is 0.264 e. The number of nitrogens with zero attached hydrogens (tertiary/aromatic N) is 2. The lowest BCUT2D eigenvalue weighted by Crippen LogP contribution is -2.53. The maximum atomic E-state index is 14.6. The fourth-order valence-electron chi connectivity index (χ4n) is 5.03. The summed E-state index contributed by atoms with van der Waals surface area (Å²) in [6.45, 7) is 4.02. The summed E-state index contributed by atoms with van der Waals surface area (Å²) in [7, 11) is -4.29. The van der Waals surface area contributed by atoms with E-state index in [1.165, 1.54) is 29.2 Å². The van der Waals surface area contributed by atoms with Crippen molar-refractivity contribution in [1.29, 1.82) is 0 Å². The van der Waals surface area contributed by atoms with Gasteiger partial charge in [0.25, 0.3) is 10.0 Å². The Morgan fingerprint density at radius 3 is 2.15 bits per heavy atom. The molecule has 1 N–H and O–H groups in total. The highest BCUT2D eigenvalue weighted by Crippen LogP contribution is 2.29. The van der Waals surface area contributed by atoms with Crippen LogP contribution in [-0.4, -0.2) is 50.9 Å². The molecule has 4 aromatic rings. The summed E-state index contributed by atoms with van der Waals surface area (Å²) in [5.41, 5.74) is 1.60. The lowest BCUT2D eigenvalue weighted by molar-refractivity contribution is -0.140. The molecule has 254 valence electrons. The summed E-state index contributed by atoms with van der Waals surface area (Å²) < 4.78 is 35.0. The van der Waals surface area contributed by atoms with E-state index in [9.17, 15) is 18.0 Å². The summed E-state index contributed by atoms with van der Waals surface area (Å²) in [4.78, 5) is 29.8. The van der Waals surface area contributed by atoms with Gasteiger partial charge in [0.15, 0.2) is 0 Å². The molecular formula is C36H38Cl3N3O5S. The van der Waals surface area contributed by atoms with Gasteiger partial charge in [-0.1, -0.05) is 84.5 Å². The summed E-state index contributed by atoms with van der Waals surface area (Å²) in [5, 5.41) is 4.05. The zero-order valence-electron chi connectivity index (χ0n) is 26.7. The van der Waals surface area contributed by atoms with Gasteiger partial charge in [0, 0.05) is 34.6 Å². The summed E-state index contributed by atoms with van der Waals surface area (Å²) in [5.74, 6) is -0.431. The van der Waals surface area contributed by atoms with Crippen LogP contribution in [0.4, 0.5) is 5.69 Å². The van der Waals surface area contributed by atoms with Crippen molar-refractivity contribution in [3.05, 3.63) is 123 Å². The third-order valence-electron chi connectivity index (χ3n) is 7.57. The first-order valence-electron chi connectivity index (χ1n) is 15.6. The Bertz CT molecular complexity index is 1770. The normalized spacial score (nSPS) is 11.9. The van der Waals surface area contributed by atoms with E-state index in [2.05, 4.69) is 5.32 Å². The van der Waals surface area contributed by atoms with E-state index in [0.29, 0.717) is 39.5 Å². The highest BCUT2D eigenvalue weighted by molar-refractivity contribution is 7.92. The highest BCUT2D eigenvalue weighted by atomic mass is 35.5. The van der Waals surface area contributed by atoms with Gasteiger partial charge in [0.2, 0.25) is 11.8 Å². The van der Waals surface area contributed by atoms with Crippen LogP contribution in [0.5, 0.6) is 5.75 Å². The van der Waals surface area contributed by atoms with Crippen LogP contribution in [0.2, 0.25) is 15.1 Å². The molecule has 12 heteroatoms. The van der Waals surface area contributed by atoms with Crippen molar-refractivity contribution in [2.45, 2.75) is 50.6 Å². The molecule has 0 aliphatic carbocycles. The van der Waals surface area contributed by atoms with Crippen molar-refractivity contribution in [1.82, 2.24) is 10.2 Å². The third-order valence-corrected chi connectivity index (χ3v) is 10.2. The molecule has 4 rings (SSSR count). The molecule has 0 radical (unpaired) electrons. The Kier molecular flexibility index (Phi) is 13.6. The zero-order valence-corrected chi connectivity index (χ0v) is 29.8. The Labute approximate surface area is 297 Å². The van der Waals surface area contributed by atoms with E-state index in [0.717, 1.165) is 22.7 Å². The standard InChI is InChI=1S/C36H38Cl3N3O5S/c1-3-5-21-40-36(44)34(22-26-9-7-6-8-10-26)41(24-27-11-12-29(38)23-33(27)39)35(43)25-42(30-15-17-31(18-16-30)47-4-2)48(45,46)32-19-13-28(37)14-20-32/h6-20,23,34H,3-5,21-22,24-25H2,1-2H3,(H,40,44). The lowest BCUT2D eigenvalue weighted by atomic mass is 10.0. The fourth-order valence-corrected chi connectivity index (χ4v) is 7.04. The maximum Gasteiger partial charge on any atom is 0.264 e. The number of amides is 2. The number of carbonyl (C=O) groups is 2. The van der Waals surface area contributed by atoms with Crippen LogP contribution in [0.25, 0.3) is 0 Å². The minimum absolute atomic E-state index is 0.0565. The summed E-state index contributed by atoms with van der Waals surface area (Å²) >= 11 is 18.8. The molecule has 0 heterocycles. The number of rotatable bonds is 16.